The van der Waals surface area contributed by atoms with E-state index in [-0.39, 0.29) is 0 Å². The summed E-state index contributed by atoms with van der Waals surface area (Å²) in [6, 6.07) is 11.7. The summed E-state index contributed by atoms with van der Waals surface area (Å²) in [6.45, 7) is 0. The fourth-order valence-electron chi connectivity index (χ4n) is 1.91. The second-order valence-electron chi connectivity index (χ2n) is 4.21. The molecule has 100 valence electrons. The minimum atomic E-state index is 0.384. The van der Waals surface area contributed by atoms with Crippen LogP contribution >= 0.6 is 27.5 Å². The molecule has 0 spiro atoms. The van der Waals surface area contributed by atoms with Gasteiger partial charge in [-0.3, -0.25) is 4.68 Å². The molecule has 0 radical (unpaired) electrons. The summed E-state index contributed by atoms with van der Waals surface area (Å²) in [5.74, 6) is 0.553. The average Bonchev–Trinajstić information content (AvgIpc) is 2.89. The molecule has 0 N–H and O–H groups in total. The largest absolute Gasteiger partial charge is 0.265 e. The van der Waals surface area contributed by atoms with E-state index in [2.05, 4.69) is 31.0 Å². The Morgan fingerprint density at radius 1 is 1.10 bits per heavy atom. The van der Waals surface area contributed by atoms with Crippen molar-refractivity contribution in [3.63, 3.8) is 0 Å². The molecule has 0 aliphatic rings. The summed E-state index contributed by atoms with van der Waals surface area (Å²) in [5.41, 5.74) is 2.56. The molecule has 1 aromatic carbocycles. The lowest BCUT2D eigenvalue weighted by Gasteiger charge is -2.08. The highest BCUT2D eigenvalue weighted by molar-refractivity contribution is 9.10. The minimum absolute atomic E-state index is 0.384. The Hall–Kier alpha value is -1.72. The fraction of sp³-hybridized carbons (Fsp3) is 0.0714. The summed E-state index contributed by atoms with van der Waals surface area (Å²) in [6.07, 6.45) is 1.71. The van der Waals surface area contributed by atoms with E-state index in [1.54, 1.807) is 10.9 Å². The van der Waals surface area contributed by atoms with Crippen LogP contribution in [-0.4, -0.2) is 19.7 Å². The van der Waals surface area contributed by atoms with E-state index >= 15 is 0 Å². The van der Waals surface area contributed by atoms with E-state index in [0.717, 1.165) is 17.0 Å². The van der Waals surface area contributed by atoms with E-state index in [1.807, 2.05) is 43.4 Å². The van der Waals surface area contributed by atoms with Gasteiger partial charge in [0.25, 0.3) is 0 Å². The lowest BCUT2D eigenvalue weighted by atomic mass is 10.1. The number of hydrogen-bond donors (Lipinski definition) is 0. The Labute approximate surface area is 129 Å². The Morgan fingerprint density at radius 3 is 2.50 bits per heavy atom. The number of benzene rings is 1. The first kappa shape index (κ1) is 13.3. The molecule has 0 saturated heterocycles. The Bertz CT molecular complexity index is 755. The average molecular weight is 350 g/mol. The third-order valence-electron chi connectivity index (χ3n) is 2.91. The zero-order valence-corrected chi connectivity index (χ0v) is 12.9. The van der Waals surface area contributed by atoms with Crippen molar-refractivity contribution >= 4 is 27.5 Å². The summed E-state index contributed by atoms with van der Waals surface area (Å²) < 4.78 is 2.41. The number of hydrogen-bond acceptors (Lipinski definition) is 3. The van der Waals surface area contributed by atoms with Gasteiger partial charge in [0.05, 0.1) is 10.2 Å². The van der Waals surface area contributed by atoms with Crippen LogP contribution in [0.3, 0.4) is 0 Å². The van der Waals surface area contributed by atoms with Gasteiger partial charge in [0.15, 0.2) is 5.82 Å². The van der Waals surface area contributed by atoms with Crippen molar-refractivity contribution in [2.24, 2.45) is 7.05 Å². The number of nitrogens with zero attached hydrogens (tertiary/aromatic N) is 4. The lowest BCUT2D eigenvalue weighted by Crippen LogP contribution is -2.00. The number of halogens is 2. The molecule has 0 aliphatic heterocycles. The van der Waals surface area contributed by atoms with Crippen LogP contribution in [-0.2, 0) is 7.05 Å². The molecular weight excluding hydrogens is 340 g/mol. The molecule has 0 atom stereocenters. The molecule has 0 fully saturated rings. The molecule has 0 amide bonds. The Kier molecular flexibility index (Phi) is 3.54. The first-order valence-electron chi connectivity index (χ1n) is 5.93. The van der Waals surface area contributed by atoms with Crippen molar-refractivity contribution in [2.45, 2.75) is 0 Å². The van der Waals surface area contributed by atoms with Crippen molar-refractivity contribution in [2.75, 3.05) is 0 Å². The predicted octanol–water partition coefficient (Wildman–Crippen LogP) is 3.96. The van der Waals surface area contributed by atoms with Gasteiger partial charge in [-0.1, -0.05) is 41.9 Å². The van der Waals surface area contributed by atoms with Crippen LogP contribution in [0.15, 0.2) is 47.1 Å². The van der Waals surface area contributed by atoms with Crippen LogP contribution in [0.2, 0.25) is 5.15 Å². The van der Waals surface area contributed by atoms with Crippen molar-refractivity contribution in [1.29, 1.82) is 0 Å². The monoisotopic (exact) mass is 348 g/mol. The van der Waals surface area contributed by atoms with E-state index in [0.29, 0.717) is 15.5 Å². The molecule has 6 heteroatoms. The topological polar surface area (TPSA) is 43.6 Å². The summed E-state index contributed by atoms with van der Waals surface area (Å²) in [7, 11) is 1.84. The van der Waals surface area contributed by atoms with Gasteiger partial charge in [0, 0.05) is 18.8 Å². The molecule has 2 aromatic heterocycles. The third kappa shape index (κ3) is 2.34. The fourth-order valence-corrected chi connectivity index (χ4v) is 2.49. The number of rotatable bonds is 2. The van der Waals surface area contributed by atoms with Crippen LogP contribution in [0.4, 0.5) is 0 Å². The Morgan fingerprint density at radius 2 is 1.85 bits per heavy atom. The number of aromatic nitrogens is 4. The maximum atomic E-state index is 6.21. The molecule has 2 heterocycles. The van der Waals surface area contributed by atoms with Crippen molar-refractivity contribution in [3.8, 4) is 22.8 Å². The predicted molar refractivity (Wildman–Crippen MR) is 82.4 cm³/mol. The maximum Gasteiger partial charge on any atom is 0.179 e. The SMILES string of the molecule is Cn1nccc1-c1nc(Cl)c(Br)c(-c2ccccc2)n1. The van der Waals surface area contributed by atoms with E-state index in [4.69, 9.17) is 11.6 Å². The second-order valence-corrected chi connectivity index (χ2v) is 5.36. The highest BCUT2D eigenvalue weighted by Gasteiger charge is 2.15. The van der Waals surface area contributed by atoms with Crippen LogP contribution in [0, 0.1) is 0 Å². The zero-order valence-electron chi connectivity index (χ0n) is 10.6. The van der Waals surface area contributed by atoms with Gasteiger partial charge >= 0.3 is 0 Å². The first-order chi connectivity index (χ1) is 9.66. The van der Waals surface area contributed by atoms with Crippen molar-refractivity contribution < 1.29 is 0 Å². The molecule has 3 aromatic rings. The molecule has 20 heavy (non-hydrogen) atoms. The van der Waals surface area contributed by atoms with Crippen LogP contribution in [0.1, 0.15) is 0 Å². The summed E-state index contributed by atoms with van der Waals surface area (Å²) >= 11 is 9.66. The van der Waals surface area contributed by atoms with E-state index in [1.165, 1.54) is 0 Å². The van der Waals surface area contributed by atoms with Crippen LogP contribution < -0.4 is 0 Å². The zero-order chi connectivity index (χ0) is 14.1. The maximum absolute atomic E-state index is 6.21. The van der Waals surface area contributed by atoms with Gasteiger partial charge in [-0.15, -0.1) is 0 Å². The minimum Gasteiger partial charge on any atom is -0.265 e. The van der Waals surface area contributed by atoms with Gasteiger partial charge in [0.1, 0.15) is 10.8 Å². The van der Waals surface area contributed by atoms with Crippen molar-refractivity contribution in [3.05, 3.63) is 52.2 Å². The van der Waals surface area contributed by atoms with Crippen LogP contribution in [0.25, 0.3) is 22.8 Å². The standard InChI is InChI=1S/C14H10BrClN4/c1-20-10(7-8-17-20)14-18-12(11(15)13(16)19-14)9-5-3-2-4-6-9/h2-8H,1H3. The van der Waals surface area contributed by atoms with E-state index < -0.39 is 0 Å². The van der Waals surface area contributed by atoms with Gasteiger partial charge < -0.3 is 0 Å². The summed E-state index contributed by atoms with van der Waals surface area (Å²) in [4.78, 5) is 8.91. The van der Waals surface area contributed by atoms with Crippen LogP contribution in [0.5, 0.6) is 0 Å². The molecular formula is C14H10BrClN4. The smallest absolute Gasteiger partial charge is 0.179 e. The molecule has 0 aliphatic carbocycles. The normalized spacial score (nSPS) is 10.8. The number of aryl methyl sites for hydroxylation is 1. The highest BCUT2D eigenvalue weighted by Crippen LogP contribution is 2.33. The molecule has 0 unspecified atom stereocenters. The van der Waals surface area contributed by atoms with Gasteiger partial charge in [-0.25, -0.2) is 9.97 Å². The highest BCUT2D eigenvalue weighted by atomic mass is 79.9. The summed E-state index contributed by atoms with van der Waals surface area (Å²) in [5, 5.41) is 4.51. The second kappa shape index (κ2) is 5.34. The Balaban J connectivity index is 2.21. The molecule has 3 rings (SSSR count). The van der Waals surface area contributed by atoms with Gasteiger partial charge in [-0.05, 0) is 22.0 Å². The lowest BCUT2D eigenvalue weighted by molar-refractivity contribution is 0.770. The first-order valence-corrected chi connectivity index (χ1v) is 7.11. The molecule has 4 nitrogen and oxygen atoms in total. The van der Waals surface area contributed by atoms with Gasteiger partial charge in [-0.2, -0.15) is 5.10 Å². The quantitative estimate of drug-likeness (QED) is 0.658. The molecule has 0 saturated carbocycles. The third-order valence-corrected chi connectivity index (χ3v) is 4.16. The van der Waals surface area contributed by atoms with Gasteiger partial charge in [0.2, 0.25) is 0 Å². The van der Waals surface area contributed by atoms with E-state index in [9.17, 15) is 0 Å². The van der Waals surface area contributed by atoms with Crippen molar-refractivity contribution in [1.82, 2.24) is 19.7 Å². The molecule has 0 bridgehead atoms.